The topological polar surface area (TPSA) is 118 Å². The van der Waals surface area contributed by atoms with Gasteiger partial charge in [0.25, 0.3) is 16.9 Å². The summed E-state index contributed by atoms with van der Waals surface area (Å²) in [6, 6.07) is 6.22. The summed E-state index contributed by atoms with van der Waals surface area (Å²) in [7, 11) is 0. The van der Waals surface area contributed by atoms with Crippen LogP contribution in [-0.4, -0.2) is 20.0 Å². The number of aromatic nitrogens is 1. The van der Waals surface area contributed by atoms with E-state index in [1.807, 2.05) is 0 Å². The molecule has 0 fully saturated rings. The zero-order valence-corrected chi connectivity index (χ0v) is 13.3. The van der Waals surface area contributed by atoms with Crippen molar-refractivity contribution in [2.45, 2.75) is 19.4 Å². The molecule has 2 heterocycles. The summed E-state index contributed by atoms with van der Waals surface area (Å²) in [6.45, 7) is 3.50. The molecule has 0 N–H and O–H groups in total. The average Bonchev–Trinajstić information content (AvgIpc) is 2.53. The molecule has 128 valence electrons. The standard InChI is InChI=1S/C16H13N3O6/c1-16(2)8-13(17-9-11(19(23)24)4-6-15(17)20)12-7-10(18(21)22)3-5-14(12)25-16/h3-9H,1-2H3. The van der Waals surface area contributed by atoms with Gasteiger partial charge < -0.3 is 4.74 Å². The van der Waals surface area contributed by atoms with Crippen molar-refractivity contribution in [2.75, 3.05) is 0 Å². The molecule has 2 aromatic rings. The molecule has 0 saturated carbocycles. The lowest BCUT2D eigenvalue weighted by Gasteiger charge is -2.31. The van der Waals surface area contributed by atoms with E-state index in [0.29, 0.717) is 17.0 Å². The number of hydrogen-bond donors (Lipinski definition) is 0. The van der Waals surface area contributed by atoms with E-state index < -0.39 is 21.0 Å². The van der Waals surface area contributed by atoms with Gasteiger partial charge in [-0.3, -0.25) is 29.6 Å². The van der Waals surface area contributed by atoms with E-state index in [0.717, 1.165) is 22.9 Å². The Kier molecular flexibility index (Phi) is 3.63. The summed E-state index contributed by atoms with van der Waals surface area (Å²) in [5, 5.41) is 22.1. The van der Waals surface area contributed by atoms with Gasteiger partial charge in [0.05, 0.1) is 21.7 Å². The third kappa shape index (κ3) is 2.99. The molecular weight excluding hydrogens is 330 g/mol. The molecule has 0 unspecified atom stereocenters. The molecule has 0 spiro atoms. The molecule has 3 rings (SSSR count). The van der Waals surface area contributed by atoms with Gasteiger partial charge in [0.15, 0.2) is 0 Å². The Hall–Kier alpha value is -3.49. The lowest BCUT2D eigenvalue weighted by Crippen LogP contribution is -2.32. The maximum atomic E-state index is 12.3. The summed E-state index contributed by atoms with van der Waals surface area (Å²) in [4.78, 5) is 33.2. The number of fused-ring (bicyclic) bond motifs is 1. The fraction of sp³-hybridized carbons (Fsp3) is 0.188. The Labute approximate surface area is 141 Å². The van der Waals surface area contributed by atoms with Gasteiger partial charge in [-0.1, -0.05) is 0 Å². The number of non-ortho nitro benzene ring substituents is 1. The number of rotatable bonds is 3. The first kappa shape index (κ1) is 16.4. The van der Waals surface area contributed by atoms with Crippen LogP contribution in [0.25, 0.3) is 5.70 Å². The van der Waals surface area contributed by atoms with Crippen LogP contribution in [0.15, 0.2) is 47.4 Å². The first-order valence-electron chi connectivity index (χ1n) is 7.26. The van der Waals surface area contributed by atoms with Crippen molar-refractivity contribution in [3.05, 3.63) is 78.8 Å². The molecule has 0 amide bonds. The lowest BCUT2D eigenvalue weighted by molar-refractivity contribution is -0.385. The van der Waals surface area contributed by atoms with Gasteiger partial charge in [-0.25, -0.2) is 0 Å². The molecule has 1 aromatic heterocycles. The minimum absolute atomic E-state index is 0.175. The first-order valence-corrected chi connectivity index (χ1v) is 7.26. The van der Waals surface area contributed by atoms with Gasteiger partial charge in [-0.05, 0) is 26.0 Å². The van der Waals surface area contributed by atoms with Crippen LogP contribution >= 0.6 is 0 Å². The third-order valence-corrected chi connectivity index (χ3v) is 3.67. The van der Waals surface area contributed by atoms with Crippen LogP contribution in [0.4, 0.5) is 11.4 Å². The van der Waals surface area contributed by atoms with Gasteiger partial charge in [0.1, 0.15) is 11.4 Å². The quantitative estimate of drug-likeness (QED) is 0.624. The Morgan fingerprint density at radius 1 is 1.04 bits per heavy atom. The van der Waals surface area contributed by atoms with Crippen molar-refractivity contribution >= 4 is 17.1 Å². The summed E-state index contributed by atoms with van der Waals surface area (Å²) in [6.07, 6.45) is 2.70. The fourth-order valence-corrected chi connectivity index (χ4v) is 2.61. The summed E-state index contributed by atoms with van der Waals surface area (Å²) in [5.41, 5.74) is -1.13. The predicted molar refractivity (Wildman–Crippen MR) is 88.5 cm³/mol. The van der Waals surface area contributed by atoms with Crippen LogP contribution in [0, 0.1) is 20.2 Å². The van der Waals surface area contributed by atoms with E-state index in [1.54, 1.807) is 19.9 Å². The van der Waals surface area contributed by atoms with E-state index in [4.69, 9.17) is 4.74 Å². The van der Waals surface area contributed by atoms with E-state index in [1.165, 1.54) is 18.2 Å². The van der Waals surface area contributed by atoms with Crippen LogP contribution in [0.5, 0.6) is 5.75 Å². The molecule has 1 aliphatic heterocycles. The van der Waals surface area contributed by atoms with Crippen molar-refractivity contribution in [1.82, 2.24) is 4.57 Å². The van der Waals surface area contributed by atoms with Gasteiger partial charge in [0.2, 0.25) is 0 Å². The maximum Gasteiger partial charge on any atom is 0.286 e. The largest absolute Gasteiger partial charge is 0.483 e. The Bertz CT molecular complexity index is 990. The molecule has 25 heavy (non-hydrogen) atoms. The molecule has 0 aliphatic carbocycles. The highest BCUT2D eigenvalue weighted by Gasteiger charge is 2.29. The number of pyridine rings is 1. The number of nitro groups is 2. The average molecular weight is 343 g/mol. The number of ether oxygens (including phenoxy) is 1. The van der Waals surface area contributed by atoms with Crippen molar-refractivity contribution < 1.29 is 14.6 Å². The molecule has 0 radical (unpaired) electrons. The second kappa shape index (κ2) is 5.55. The Balaban J connectivity index is 2.28. The zero-order valence-electron chi connectivity index (χ0n) is 13.3. The summed E-state index contributed by atoms with van der Waals surface area (Å²) in [5.74, 6) is 0.353. The second-order valence-corrected chi connectivity index (χ2v) is 6.03. The summed E-state index contributed by atoms with van der Waals surface area (Å²) >= 11 is 0. The molecule has 9 nitrogen and oxygen atoms in total. The summed E-state index contributed by atoms with van der Waals surface area (Å²) < 4.78 is 6.88. The SMILES string of the molecule is CC1(C)C=C(n2cc([N+](=O)[O-])ccc2=O)c2cc([N+](=O)[O-])ccc2O1. The normalized spacial score (nSPS) is 14.9. The molecule has 0 saturated heterocycles. The highest BCUT2D eigenvalue weighted by atomic mass is 16.6. The van der Waals surface area contributed by atoms with E-state index in [-0.39, 0.29) is 11.4 Å². The number of nitro benzene ring substituents is 1. The fourth-order valence-electron chi connectivity index (χ4n) is 2.61. The molecule has 1 aliphatic rings. The van der Waals surface area contributed by atoms with E-state index in [9.17, 15) is 25.0 Å². The van der Waals surface area contributed by atoms with Crippen LogP contribution in [0.1, 0.15) is 19.4 Å². The van der Waals surface area contributed by atoms with Gasteiger partial charge in [0, 0.05) is 29.8 Å². The third-order valence-electron chi connectivity index (χ3n) is 3.67. The zero-order chi connectivity index (χ0) is 18.4. The number of hydrogen-bond acceptors (Lipinski definition) is 6. The van der Waals surface area contributed by atoms with Crippen LogP contribution in [0.3, 0.4) is 0 Å². The van der Waals surface area contributed by atoms with Gasteiger partial charge in [-0.2, -0.15) is 0 Å². The van der Waals surface area contributed by atoms with E-state index >= 15 is 0 Å². The highest BCUT2D eigenvalue weighted by molar-refractivity contribution is 5.75. The monoisotopic (exact) mass is 343 g/mol. The van der Waals surface area contributed by atoms with Crippen LogP contribution < -0.4 is 10.3 Å². The van der Waals surface area contributed by atoms with Crippen LogP contribution in [-0.2, 0) is 0 Å². The molecule has 1 aromatic carbocycles. The maximum absolute atomic E-state index is 12.3. The molecule has 0 bridgehead atoms. The second-order valence-electron chi connectivity index (χ2n) is 6.03. The highest BCUT2D eigenvalue weighted by Crippen LogP contribution is 2.38. The van der Waals surface area contributed by atoms with Crippen molar-refractivity contribution in [1.29, 1.82) is 0 Å². The molecular formula is C16H13N3O6. The number of nitrogens with zero attached hydrogens (tertiary/aromatic N) is 3. The molecule has 9 heteroatoms. The smallest absolute Gasteiger partial charge is 0.286 e. The van der Waals surface area contributed by atoms with Crippen LogP contribution in [0.2, 0.25) is 0 Å². The number of benzene rings is 1. The lowest BCUT2D eigenvalue weighted by atomic mass is 9.98. The minimum atomic E-state index is -0.803. The van der Waals surface area contributed by atoms with Crippen molar-refractivity contribution in [3.8, 4) is 5.75 Å². The Morgan fingerprint density at radius 2 is 1.68 bits per heavy atom. The first-order chi connectivity index (χ1) is 11.7. The van der Waals surface area contributed by atoms with Crippen molar-refractivity contribution in [3.63, 3.8) is 0 Å². The van der Waals surface area contributed by atoms with Gasteiger partial charge >= 0.3 is 0 Å². The Morgan fingerprint density at radius 3 is 2.32 bits per heavy atom. The minimum Gasteiger partial charge on any atom is -0.483 e. The van der Waals surface area contributed by atoms with E-state index in [2.05, 4.69) is 0 Å². The predicted octanol–water partition coefficient (Wildman–Crippen LogP) is 2.72. The molecule has 0 atom stereocenters. The van der Waals surface area contributed by atoms with Crippen molar-refractivity contribution in [2.24, 2.45) is 0 Å². The van der Waals surface area contributed by atoms with Gasteiger partial charge in [-0.15, -0.1) is 0 Å².